The summed E-state index contributed by atoms with van der Waals surface area (Å²) in [6.45, 7) is 2.70. The molecule has 2 amide bonds. The molecule has 1 aromatic heterocycles. The third-order valence-electron chi connectivity index (χ3n) is 3.92. The molecular formula is C21H20FN3O3S. The van der Waals surface area contributed by atoms with E-state index in [1.807, 2.05) is 12.3 Å². The lowest BCUT2D eigenvalue weighted by atomic mass is 10.2. The largest absolute Gasteiger partial charge is 0.494 e. The Kier molecular flexibility index (Phi) is 6.91. The first-order valence-electron chi connectivity index (χ1n) is 9.07. The first-order valence-corrected chi connectivity index (χ1v) is 9.95. The van der Waals surface area contributed by atoms with E-state index in [2.05, 4.69) is 15.6 Å². The van der Waals surface area contributed by atoms with Crippen LogP contribution >= 0.6 is 11.3 Å². The Morgan fingerprint density at radius 3 is 2.66 bits per heavy atom. The number of aromatic nitrogens is 1. The first kappa shape index (κ1) is 20.5. The number of amides is 2. The summed E-state index contributed by atoms with van der Waals surface area (Å²) in [5.74, 6) is -1.09. The van der Waals surface area contributed by atoms with Gasteiger partial charge >= 0.3 is 11.8 Å². The zero-order chi connectivity index (χ0) is 20.6. The number of rotatable bonds is 7. The molecule has 8 heteroatoms. The first-order chi connectivity index (χ1) is 14.0. The van der Waals surface area contributed by atoms with Gasteiger partial charge in [-0.1, -0.05) is 12.1 Å². The van der Waals surface area contributed by atoms with Crippen molar-refractivity contribution >= 4 is 28.8 Å². The molecule has 3 aromatic rings. The maximum atomic E-state index is 13.3. The summed E-state index contributed by atoms with van der Waals surface area (Å²) in [4.78, 5) is 28.4. The number of ether oxygens (including phenoxy) is 1. The molecule has 0 radical (unpaired) electrons. The molecule has 0 aliphatic heterocycles. The number of anilines is 1. The van der Waals surface area contributed by atoms with Crippen LogP contribution in [0.15, 0.2) is 53.9 Å². The number of hydrogen-bond acceptors (Lipinski definition) is 5. The van der Waals surface area contributed by atoms with Gasteiger partial charge in [-0.05, 0) is 43.3 Å². The monoisotopic (exact) mass is 413 g/mol. The molecule has 0 unspecified atom stereocenters. The number of benzene rings is 2. The van der Waals surface area contributed by atoms with Crippen molar-refractivity contribution in [3.8, 4) is 16.3 Å². The van der Waals surface area contributed by atoms with E-state index in [-0.39, 0.29) is 12.4 Å². The van der Waals surface area contributed by atoms with E-state index in [4.69, 9.17) is 4.74 Å². The van der Waals surface area contributed by atoms with Crippen molar-refractivity contribution in [2.45, 2.75) is 13.3 Å². The molecule has 3 rings (SSSR count). The average molecular weight is 413 g/mol. The van der Waals surface area contributed by atoms with Crippen LogP contribution in [0.1, 0.15) is 12.6 Å². The van der Waals surface area contributed by atoms with Crippen LogP contribution in [-0.2, 0) is 16.0 Å². The Balaban J connectivity index is 1.46. The molecular weight excluding hydrogens is 393 g/mol. The molecule has 2 aromatic carbocycles. The van der Waals surface area contributed by atoms with Gasteiger partial charge in [-0.3, -0.25) is 9.59 Å². The van der Waals surface area contributed by atoms with Crippen molar-refractivity contribution in [1.82, 2.24) is 10.3 Å². The van der Waals surface area contributed by atoms with E-state index < -0.39 is 11.8 Å². The van der Waals surface area contributed by atoms with Crippen LogP contribution in [-0.4, -0.2) is 29.9 Å². The molecule has 0 fully saturated rings. The zero-order valence-corrected chi connectivity index (χ0v) is 16.6. The summed E-state index contributed by atoms with van der Waals surface area (Å²) in [5, 5.41) is 7.67. The van der Waals surface area contributed by atoms with E-state index in [9.17, 15) is 14.0 Å². The van der Waals surface area contributed by atoms with Crippen molar-refractivity contribution in [2.24, 2.45) is 0 Å². The average Bonchev–Trinajstić information content (AvgIpc) is 3.18. The van der Waals surface area contributed by atoms with Crippen LogP contribution in [0.5, 0.6) is 5.75 Å². The van der Waals surface area contributed by atoms with Gasteiger partial charge in [0.05, 0.1) is 12.3 Å². The minimum atomic E-state index is -0.743. The van der Waals surface area contributed by atoms with Crippen LogP contribution in [0.3, 0.4) is 0 Å². The van der Waals surface area contributed by atoms with E-state index in [1.165, 1.54) is 23.5 Å². The number of thiazole rings is 1. The number of halogens is 1. The minimum absolute atomic E-state index is 0.266. The maximum absolute atomic E-state index is 13.3. The van der Waals surface area contributed by atoms with Gasteiger partial charge in [0, 0.05) is 29.6 Å². The second-order valence-corrected chi connectivity index (χ2v) is 6.93. The minimum Gasteiger partial charge on any atom is -0.494 e. The topological polar surface area (TPSA) is 80.3 Å². The predicted octanol–water partition coefficient (Wildman–Crippen LogP) is 3.65. The molecule has 0 aliphatic rings. The van der Waals surface area contributed by atoms with E-state index in [1.54, 1.807) is 36.4 Å². The lowest BCUT2D eigenvalue weighted by Crippen LogP contribution is -2.36. The maximum Gasteiger partial charge on any atom is 0.313 e. The number of hydrogen-bond donors (Lipinski definition) is 2. The molecule has 29 heavy (non-hydrogen) atoms. The smallest absolute Gasteiger partial charge is 0.313 e. The van der Waals surface area contributed by atoms with Crippen molar-refractivity contribution < 1.29 is 18.7 Å². The Morgan fingerprint density at radius 1 is 1.14 bits per heavy atom. The van der Waals surface area contributed by atoms with Crippen LogP contribution in [0.25, 0.3) is 10.6 Å². The SMILES string of the molecule is CCOc1ccc(NC(=O)C(=O)NCCc2csc(-c3cccc(F)c3)n2)cc1. The molecule has 6 nitrogen and oxygen atoms in total. The Labute approximate surface area is 171 Å². The van der Waals surface area contributed by atoms with Gasteiger partial charge < -0.3 is 15.4 Å². The van der Waals surface area contributed by atoms with E-state index in [0.29, 0.717) is 35.0 Å². The summed E-state index contributed by atoms with van der Waals surface area (Å²) in [7, 11) is 0. The van der Waals surface area contributed by atoms with Crippen molar-refractivity contribution in [1.29, 1.82) is 0 Å². The van der Waals surface area contributed by atoms with Crippen molar-refractivity contribution in [3.63, 3.8) is 0 Å². The normalized spacial score (nSPS) is 10.4. The Bertz CT molecular complexity index is 989. The number of nitrogens with zero attached hydrogens (tertiary/aromatic N) is 1. The molecule has 0 aliphatic carbocycles. The highest BCUT2D eigenvalue weighted by molar-refractivity contribution is 7.13. The Hall–Kier alpha value is -3.26. The molecule has 0 atom stereocenters. The molecule has 150 valence electrons. The molecule has 0 bridgehead atoms. The third kappa shape index (κ3) is 5.86. The number of nitrogens with one attached hydrogen (secondary N) is 2. The fourth-order valence-corrected chi connectivity index (χ4v) is 3.40. The zero-order valence-electron chi connectivity index (χ0n) is 15.8. The second-order valence-electron chi connectivity index (χ2n) is 6.07. The van der Waals surface area contributed by atoms with Gasteiger partial charge in [0.15, 0.2) is 0 Å². The number of carbonyl (C=O) groups is 2. The van der Waals surface area contributed by atoms with E-state index in [0.717, 1.165) is 5.69 Å². The summed E-state index contributed by atoms with van der Waals surface area (Å²) in [6.07, 6.45) is 0.466. The van der Waals surface area contributed by atoms with Crippen LogP contribution in [0.4, 0.5) is 10.1 Å². The highest BCUT2D eigenvalue weighted by Crippen LogP contribution is 2.24. The van der Waals surface area contributed by atoms with Gasteiger partial charge in [-0.2, -0.15) is 0 Å². The van der Waals surface area contributed by atoms with Crippen molar-refractivity contribution in [2.75, 3.05) is 18.5 Å². The van der Waals surface area contributed by atoms with E-state index >= 15 is 0 Å². The van der Waals surface area contributed by atoms with Gasteiger partial charge in [0.25, 0.3) is 0 Å². The summed E-state index contributed by atoms with van der Waals surface area (Å²) in [6, 6.07) is 13.0. The quantitative estimate of drug-likeness (QED) is 0.580. The number of carbonyl (C=O) groups excluding carboxylic acids is 2. The van der Waals surface area contributed by atoms with Crippen LogP contribution in [0, 0.1) is 5.82 Å². The van der Waals surface area contributed by atoms with Gasteiger partial charge in [-0.25, -0.2) is 9.37 Å². The molecule has 1 heterocycles. The molecule has 2 N–H and O–H groups in total. The van der Waals surface area contributed by atoms with Gasteiger partial charge in [-0.15, -0.1) is 11.3 Å². The summed E-state index contributed by atoms with van der Waals surface area (Å²) >= 11 is 1.40. The second kappa shape index (κ2) is 9.79. The fraction of sp³-hybridized carbons (Fsp3) is 0.190. The summed E-state index contributed by atoms with van der Waals surface area (Å²) in [5.41, 5.74) is 1.98. The lowest BCUT2D eigenvalue weighted by Gasteiger charge is -2.07. The predicted molar refractivity (Wildman–Crippen MR) is 110 cm³/mol. The van der Waals surface area contributed by atoms with Crippen molar-refractivity contribution in [3.05, 3.63) is 65.4 Å². The van der Waals surface area contributed by atoms with Gasteiger partial charge in [0.2, 0.25) is 0 Å². The highest BCUT2D eigenvalue weighted by atomic mass is 32.1. The van der Waals surface area contributed by atoms with Crippen LogP contribution < -0.4 is 15.4 Å². The highest BCUT2D eigenvalue weighted by Gasteiger charge is 2.14. The molecule has 0 spiro atoms. The van der Waals surface area contributed by atoms with Gasteiger partial charge in [0.1, 0.15) is 16.6 Å². The molecule has 0 saturated carbocycles. The summed E-state index contributed by atoms with van der Waals surface area (Å²) < 4.78 is 18.7. The third-order valence-corrected chi connectivity index (χ3v) is 4.86. The lowest BCUT2D eigenvalue weighted by molar-refractivity contribution is -0.136. The van der Waals surface area contributed by atoms with Crippen LogP contribution in [0.2, 0.25) is 0 Å². The fourth-order valence-electron chi connectivity index (χ4n) is 2.55. The molecule has 0 saturated heterocycles. The standard InChI is InChI=1S/C21H20FN3O3S/c1-2-28-18-8-6-16(7-9-18)24-20(27)19(26)23-11-10-17-13-29-21(25-17)14-4-3-5-15(22)12-14/h3-9,12-13H,2,10-11H2,1H3,(H,23,26)(H,24,27). The Morgan fingerprint density at radius 2 is 1.93 bits per heavy atom.